The van der Waals surface area contributed by atoms with Gasteiger partial charge in [-0.1, -0.05) is 30.4 Å². The van der Waals surface area contributed by atoms with Gasteiger partial charge in [0.1, 0.15) is 0 Å². The average Bonchev–Trinajstić information content (AvgIpc) is 2.59. The van der Waals surface area contributed by atoms with E-state index in [4.69, 9.17) is 0 Å². The fourth-order valence-electron chi connectivity index (χ4n) is 2.51. The number of hydrogen-bond donors (Lipinski definition) is 1. The summed E-state index contributed by atoms with van der Waals surface area (Å²) in [7, 11) is 0. The predicted molar refractivity (Wildman–Crippen MR) is 98.1 cm³/mol. The fourth-order valence-corrected chi connectivity index (χ4v) is 2.51. The molecule has 1 atom stereocenters. The molecular weight excluding hydrogens is 320 g/mol. The van der Waals surface area contributed by atoms with Gasteiger partial charge in [0.15, 0.2) is 11.6 Å². The lowest BCUT2D eigenvalue weighted by molar-refractivity contribution is 0.182. The van der Waals surface area contributed by atoms with Crippen molar-refractivity contribution in [3.05, 3.63) is 72.0 Å². The van der Waals surface area contributed by atoms with Crippen LogP contribution in [0.2, 0.25) is 0 Å². The van der Waals surface area contributed by atoms with Crippen molar-refractivity contribution in [3.63, 3.8) is 0 Å². The van der Waals surface area contributed by atoms with Crippen LogP contribution in [0.5, 0.6) is 0 Å². The summed E-state index contributed by atoms with van der Waals surface area (Å²) in [6.07, 6.45) is 9.70. The highest BCUT2D eigenvalue weighted by Gasteiger charge is 2.14. The van der Waals surface area contributed by atoms with E-state index in [1.807, 2.05) is 18.2 Å². The number of benzene rings is 1. The quantitative estimate of drug-likeness (QED) is 0.520. The normalized spacial score (nSPS) is 12.5. The average molecular weight is 343 g/mol. The minimum atomic E-state index is -0.881. The predicted octanol–water partition coefficient (Wildman–Crippen LogP) is 5.32. The number of unbranched alkanes of at least 4 members (excludes halogenated alkanes) is 1. The number of halogens is 2. The molecule has 0 radical (unpaired) electrons. The molecule has 1 heterocycles. The van der Waals surface area contributed by atoms with Crippen LogP contribution in [0.4, 0.5) is 8.78 Å². The first kappa shape index (κ1) is 19.0. The van der Waals surface area contributed by atoms with Crippen LogP contribution in [-0.2, 0) is 6.42 Å². The molecule has 0 fully saturated rings. The molecule has 1 unspecified atom stereocenters. The maximum absolute atomic E-state index is 14.2. The third kappa shape index (κ3) is 5.33. The molecule has 0 spiro atoms. The maximum atomic E-state index is 14.2. The first-order valence-electron chi connectivity index (χ1n) is 8.41. The van der Waals surface area contributed by atoms with E-state index in [0.29, 0.717) is 5.69 Å². The van der Waals surface area contributed by atoms with Gasteiger partial charge < -0.3 is 5.11 Å². The van der Waals surface area contributed by atoms with Gasteiger partial charge >= 0.3 is 0 Å². The van der Waals surface area contributed by atoms with Gasteiger partial charge in [-0.15, -0.1) is 6.58 Å². The molecule has 0 aliphatic heterocycles. The van der Waals surface area contributed by atoms with Crippen molar-refractivity contribution in [2.24, 2.45) is 0 Å². The second-order valence-corrected chi connectivity index (χ2v) is 6.05. The molecule has 0 saturated carbocycles. The Hall–Kier alpha value is -2.33. The fraction of sp³-hybridized carbons (Fsp3) is 0.286. The summed E-state index contributed by atoms with van der Waals surface area (Å²) in [6, 6.07) is 6.61. The highest BCUT2D eigenvalue weighted by molar-refractivity contribution is 5.62. The number of aliphatic hydroxyl groups excluding tert-OH is 1. The summed E-state index contributed by atoms with van der Waals surface area (Å²) in [5, 5.41) is 9.20. The van der Waals surface area contributed by atoms with Crippen LogP contribution in [0.1, 0.15) is 37.3 Å². The van der Waals surface area contributed by atoms with Crippen LogP contribution in [-0.4, -0.2) is 16.2 Å². The van der Waals surface area contributed by atoms with Crippen molar-refractivity contribution in [1.82, 2.24) is 4.98 Å². The van der Waals surface area contributed by atoms with Gasteiger partial charge in [0.2, 0.25) is 0 Å². The van der Waals surface area contributed by atoms with Crippen LogP contribution in [0.3, 0.4) is 0 Å². The summed E-state index contributed by atoms with van der Waals surface area (Å²) in [6.45, 7) is 5.32. The van der Waals surface area contributed by atoms with E-state index in [1.54, 1.807) is 31.3 Å². The second-order valence-electron chi connectivity index (χ2n) is 6.05. The number of nitrogens with zero attached hydrogens (tertiary/aromatic N) is 1. The third-order valence-electron chi connectivity index (χ3n) is 3.89. The SMILES string of the molecule is C=CCc1ccc(-c2ccc(C=CCCCC(C)O)cn2)c(F)c1F. The van der Waals surface area contributed by atoms with E-state index in [-0.39, 0.29) is 23.7 Å². The van der Waals surface area contributed by atoms with Crippen molar-refractivity contribution >= 4 is 6.08 Å². The van der Waals surface area contributed by atoms with E-state index in [0.717, 1.165) is 24.8 Å². The molecule has 0 aliphatic carbocycles. The summed E-state index contributed by atoms with van der Waals surface area (Å²) >= 11 is 0. The largest absolute Gasteiger partial charge is 0.393 e. The molecule has 0 amide bonds. The van der Waals surface area contributed by atoms with E-state index < -0.39 is 11.6 Å². The molecule has 1 aromatic carbocycles. The minimum Gasteiger partial charge on any atom is -0.393 e. The van der Waals surface area contributed by atoms with Gasteiger partial charge in [-0.2, -0.15) is 0 Å². The van der Waals surface area contributed by atoms with Crippen molar-refractivity contribution in [2.75, 3.05) is 0 Å². The molecule has 1 aromatic heterocycles. The van der Waals surface area contributed by atoms with Gasteiger partial charge in [-0.05, 0) is 55.9 Å². The van der Waals surface area contributed by atoms with Gasteiger partial charge in [-0.3, -0.25) is 4.98 Å². The Balaban J connectivity index is 2.08. The zero-order valence-corrected chi connectivity index (χ0v) is 14.4. The number of hydrogen-bond acceptors (Lipinski definition) is 2. The number of rotatable bonds is 8. The molecule has 4 heteroatoms. The van der Waals surface area contributed by atoms with Crippen molar-refractivity contribution in [3.8, 4) is 11.3 Å². The Labute approximate surface area is 147 Å². The highest BCUT2D eigenvalue weighted by Crippen LogP contribution is 2.25. The van der Waals surface area contributed by atoms with Crippen LogP contribution >= 0.6 is 0 Å². The Kier molecular flexibility index (Phi) is 7.02. The molecule has 25 heavy (non-hydrogen) atoms. The Bertz CT molecular complexity index is 736. The molecule has 132 valence electrons. The molecular formula is C21H23F2NO. The minimum absolute atomic E-state index is 0.151. The van der Waals surface area contributed by atoms with E-state index in [2.05, 4.69) is 11.6 Å². The van der Waals surface area contributed by atoms with Crippen LogP contribution in [0.15, 0.2) is 49.2 Å². The Morgan fingerprint density at radius 3 is 2.64 bits per heavy atom. The molecule has 2 nitrogen and oxygen atoms in total. The smallest absolute Gasteiger partial charge is 0.168 e. The topological polar surface area (TPSA) is 33.1 Å². The Morgan fingerprint density at radius 2 is 2.00 bits per heavy atom. The van der Waals surface area contributed by atoms with Crippen molar-refractivity contribution in [2.45, 2.75) is 38.7 Å². The maximum Gasteiger partial charge on any atom is 0.168 e. The monoisotopic (exact) mass is 343 g/mol. The summed E-state index contributed by atoms with van der Waals surface area (Å²) in [5.74, 6) is -1.73. The highest BCUT2D eigenvalue weighted by atomic mass is 19.2. The van der Waals surface area contributed by atoms with Gasteiger partial charge in [0.25, 0.3) is 0 Å². The lowest BCUT2D eigenvalue weighted by Crippen LogP contribution is -1.97. The van der Waals surface area contributed by atoms with Crippen LogP contribution < -0.4 is 0 Å². The molecule has 1 N–H and O–H groups in total. The zero-order chi connectivity index (χ0) is 18.2. The van der Waals surface area contributed by atoms with Gasteiger partial charge in [0, 0.05) is 11.8 Å². The van der Waals surface area contributed by atoms with Crippen molar-refractivity contribution < 1.29 is 13.9 Å². The molecule has 0 bridgehead atoms. The Morgan fingerprint density at radius 1 is 1.20 bits per heavy atom. The molecule has 2 aromatic rings. The number of aromatic nitrogens is 1. The van der Waals surface area contributed by atoms with E-state index in [1.165, 1.54) is 6.08 Å². The van der Waals surface area contributed by atoms with Crippen LogP contribution in [0, 0.1) is 11.6 Å². The summed E-state index contributed by atoms with van der Waals surface area (Å²) in [5.41, 5.74) is 1.73. The third-order valence-corrected chi connectivity index (χ3v) is 3.89. The summed E-state index contributed by atoms with van der Waals surface area (Å²) in [4.78, 5) is 4.24. The summed E-state index contributed by atoms with van der Waals surface area (Å²) < 4.78 is 28.3. The zero-order valence-electron chi connectivity index (χ0n) is 14.4. The molecule has 2 rings (SSSR count). The first-order chi connectivity index (χ1) is 12.0. The molecule has 0 aliphatic rings. The van der Waals surface area contributed by atoms with Crippen molar-refractivity contribution in [1.29, 1.82) is 0 Å². The number of aliphatic hydroxyl groups is 1. The number of pyridine rings is 1. The lowest BCUT2D eigenvalue weighted by atomic mass is 10.0. The van der Waals surface area contributed by atoms with Gasteiger partial charge in [-0.25, -0.2) is 8.78 Å². The standard InChI is InChI=1S/C21H23F2NO/c1-3-7-17-11-12-18(21(23)20(17)22)19-13-10-16(14-24-19)9-6-4-5-8-15(2)25/h3,6,9-15,25H,1,4-5,7-8H2,2H3. The van der Waals surface area contributed by atoms with Gasteiger partial charge in [0.05, 0.1) is 11.8 Å². The number of allylic oxidation sites excluding steroid dienone is 2. The molecule has 0 saturated heterocycles. The van der Waals surface area contributed by atoms with E-state index in [9.17, 15) is 13.9 Å². The van der Waals surface area contributed by atoms with E-state index >= 15 is 0 Å². The second kappa shape index (κ2) is 9.23. The lowest BCUT2D eigenvalue weighted by Gasteiger charge is -2.07. The first-order valence-corrected chi connectivity index (χ1v) is 8.41. The van der Waals surface area contributed by atoms with Crippen LogP contribution in [0.25, 0.3) is 17.3 Å².